The summed E-state index contributed by atoms with van der Waals surface area (Å²) in [5, 5.41) is 10.5. The van der Waals surface area contributed by atoms with Gasteiger partial charge in [0, 0.05) is 18.0 Å². The van der Waals surface area contributed by atoms with Crippen LogP contribution in [0.15, 0.2) is 5.38 Å². The molecule has 2 N–H and O–H groups in total. The van der Waals surface area contributed by atoms with Crippen LogP contribution in [0.2, 0.25) is 0 Å². The predicted octanol–water partition coefficient (Wildman–Crippen LogP) is 2.96. The second-order valence-electron chi connectivity index (χ2n) is 5.94. The van der Waals surface area contributed by atoms with E-state index in [1.165, 1.54) is 42.9 Å². The SMILES string of the molecule is CC(C)CNCc1nc(CCCCNC2CC2)cs1. The van der Waals surface area contributed by atoms with Crippen molar-refractivity contribution in [3.8, 4) is 0 Å². The fourth-order valence-corrected chi connectivity index (χ4v) is 2.84. The Morgan fingerprint density at radius 1 is 1.37 bits per heavy atom. The van der Waals surface area contributed by atoms with Gasteiger partial charge in [0.2, 0.25) is 0 Å². The molecule has 1 aliphatic rings. The lowest BCUT2D eigenvalue weighted by Gasteiger charge is -2.04. The standard InChI is InChI=1S/C15H27N3S/c1-12(2)9-16-10-15-18-14(11-19-15)5-3-4-8-17-13-6-7-13/h11-13,16-17H,3-10H2,1-2H3. The second kappa shape index (κ2) is 7.98. The minimum absolute atomic E-state index is 0.707. The van der Waals surface area contributed by atoms with Gasteiger partial charge in [-0.1, -0.05) is 13.8 Å². The van der Waals surface area contributed by atoms with Crippen molar-refractivity contribution in [3.63, 3.8) is 0 Å². The Balaban J connectivity index is 1.54. The molecule has 1 saturated carbocycles. The molecule has 19 heavy (non-hydrogen) atoms. The maximum absolute atomic E-state index is 4.69. The van der Waals surface area contributed by atoms with Crippen LogP contribution in [0.3, 0.4) is 0 Å². The van der Waals surface area contributed by atoms with Crippen LogP contribution in [0.1, 0.15) is 50.2 Å². The van der Waals surface area contributed by atoms with Crippen LogP contribution in [0.5, 0.6) is 0 Å². The predicted molar refractivity (Wildman–Crippen MR) is 82.6 cm³/mol. The van der Waals surface area contributed by atoms with Crippen LogP contribution < -0.4 is 10.6 Å². The van der Waals surface area contributed by atoms with E-state index in [1.807, 2.05) is 0 Å². The Hall–Kier alpha value is -0.450. The van der Waals surface area contributed by atoms with E-state index in [0.29, 0.717) is 5.92 Å². The molecule has 1 heterocycles. The van der Waals surface area contributed by atoms with Crippen LogP contribution in [0.4, 0.5) is 0 Å². The summed E-state index contributed by atoms with van der Waals surface area (Å²) in [5.74, 6) is 0.707. The maximum atomic E-state index is 4.69. The molecule has 1 aromatic heterocycles. The second-order valence-corrected chi connectivity index (χ2v) is 6.89. The Bertz CT molecular complexity index is 358. The monoisotopic (exact) mass is 281 g/mol. The van der Waals surface area contributed by atoms with E-state index < -0.39 is 0 Å². The zero-order valence-electron chi connectivity index (χ0n) is 12.2. The summed E-state index contributed by atoms with van der Waals surface area (Å²) in [7, 11) is 0. The highest BCUT2D eigenvalue weighted by atomic mass is 32.1. The van der Waals surface area contributed by atoms with E-state index in [1.54, 1.807) is 11.3 Å². The first-order valence-corrected chi connectivity index (χ1v) is 8.49. The number of aromatic nitrogens is 1. The number of aryl methyl sites for hydroxylation is 1. The third kappa shape index (κ3) is 6.50. The van der Waals surface area contributed by atoms with E-state index >= 15 is 0 Å². The van der Waals surface area contributed by atoms with Gasteiger partial charge in [0.1, 0.15) is 5.01 Å². The highest BCUT2D eigenvalue weighted by molar-refractivity contribution is 7.09. The number of nitrogens with one attached hydrogen (secondary N) is 2. The quantitative estimate of drug-likeness (QED) is 0.647. The van der Waals surface area contributed by atoms with Gasteiger partial charge in [0.05, 0.1) is 5.69 Å². The molecule has 4 heteroatoms. The molecule has 0 radical (unpaired) electrons. The number of rotatable bonds is 10. The smallest absolute Gasteiger partial charge is 0.107 e. The molecule has 0 atom stereocenters. The van der Waals surface area contributed by atoms with Crippen molar-refractivity contribution in [2.24, 2.45) is 5.92 Å². The first kappa shape index (κ1) is 14.9. The third-order valence-corrected chi connectivity index (χ3v) is 4.20. The highest BCUT2D eigenvalue weighted by Gasteiger charge is 2.19. The summed E-state index contributed by atoms with van der Waals surface area (Å²) >= 11 is 1.79. The maximum Gasteiger partial charge on any atom is 0.107 e. The molecule has 2 rings (SSSR count). The van der Waals surface area contributed by atoms with Gasteiger partial charge in [0.25, 0.3) is 0 Å². The van der Waals surface area contributed by atoms with Crippen LogP contribution in [0, 0.1) is 5.92 Å². The van der Waals surface area contributed by atoms with Crippen molar-refractivity contribution < 1.29 is 0 Å². The molecule has 0 bridgehead atoms. The molecule has 0 aromatic carbocycles. The molecule has 3 nitrogen and oxygen atoms in total. The summed E-state index contributed by atoms with van der Waals surface area (Å²) in [6, 6.07) is 0.845. The Morgan fingerprint density at radius 2 is 2.21 bits per heavy atom. The first-order chi connectivity index (χ1) is 9.24. The summed E-state index contributed by atoms with van der Waals surface area (Å²) in [5.41, 5.74) is 1.28. The van der Waals surface area contributed by atoms with Crippen molar-refractivity contribution in [1.82, 2.24) is 15.6 Å². The van der Waals surface area contributed by atoms with Crippen LogP contribution in [0.25, 0.3) is 0 Å². The molecule has 0 amide bonds. The molecule has 0 aliphatic heterocycles. The molecular formula is C15H27N3S. The van der Waals surface area contributed by atoms with Gasteiger partial charge in [-0.3, -0.25) is 0 Å². The van der Waals surface area contributed by atoms with Crippen LogP contribution in [-0.4, -0.2) is 24.1 Å². The lowest BCUT2D eigenvalue weighted by molar-refractivity contribution is 0.551. The van der Waals surface area contributed by atoms with Crippen LogP contribution >= 0.6 is 11.3 Å². The number of nitrogens with zero attached hydrogens (tertiary/aromatic N) is 1. The topological polar surface area (TPSA) is 37.0 Å². The van der Waals surface area contributed by atoms with Crippen molar-refractivity contribution in [3.05, 3.63) is 16.1 Å². The Kier molecular flexibility index (Phi) is 6.28. The largest absolute Gasteiger partial charge is 0.314 e. The van der Waals surface area contributed by atoms with Crippen molar-refractivity contribution in [1.29, 1.82) is 0 Å². The molecule has 108 valence electrons. The summed E-state index contributed by atoms with van der Waals surface area (Å²) in [6.07, 6.45) is 6.43. The van der Waals surface area contributed by atoms with E-state index in [4.69, 9.17) is 0 Å². The average molecular weight is 281 g/mol. The molecule has 0 spiro atoms. The van der Waals surface area contributed by atoms with E-state index in [0.717, 1.165) is 25.6 Å². The Labute approximate surface area is 121 Å². The summed E-state index contributed by atoms with van der Waals surface area (Å²) in [6.45, 7) is 7.64. The molecular weight excluding hydrogens is 254 g/mol. The molecule has 1 aliphatic carbocycles. The highest BCUT2D eigenvalue weighted by Crippen LogP contribution is 2.18. The van der Waals surface area contributed by atoms with Gasteiger partial charge < -0.3 is 10.6 Å². The fourth-order valence-electron chi connectivity index (χ4n) is 2.04. The van der Waals surface area contributed by atoms with E-state index in [2.05, 4.69) is 34.8 Å². The molecule has 1 fully saturated rings. The number of unbranched alkanes of at least 4 members (excludes halogenated alkanes) is 1. The van der Waals surface area contributed by atoms with Crippen molar-refractivity contribution in [2.75, 3.05) is 13.1 Å². The van der Waals surface area contributed by atoms with Gasteiger partial charge in [-0.05, 0) is 51.1 Å². The average Bonchev–Trinajstić information content (AvgIpc) is 3.08. The lowest BCUT2D eigenvalue weighted by Crippen LogP contribution is -2.18. The van der Waals surface area contributed by atoms with Gasteiger partial charge in [-0.25, -0.2) is 4.98 Å². The van der Waals surface area contributed by atoms with Crippen molar-refractivity contribution in [2.45, 2.75) is 58.5 Å². The minimum atomic E-state index is 0.707. The first-order valence-electron chi connectivity index (χ1n) is 7.61. The summed E-state index contributed by atoms with van der Waals surface area (Å²) in [4.78, 5) is 4.69. The van der Waals surface area contributed by atoms with Gasteiger partial charge in [-0.15, -0.1) is 11.3 Å². The van der Waals surface area contributed by atoms with Gasteiger partial charge >= 0.3 is 0 Å². The normalized spacial score (nSPS) is 15.3. The van der Waals surface area contributed by atoms with E-state index in [9.17, 15) is 0 Å². The third-order valence-electron chi connectivity index (χ3n) is 3.30. The Morgan fingerprint density at radius 3 is 2.95 bits per heavy atom. The van der Waals surface area contributed by atoms with E-state index in [-0.39, 0.29) is 0 Å². The van der Waals surface area contributed by atoms with Crippen molar-refractivity contribution >= 4 is 11.3 Å². The fraction of sp³-hybridized carbons (Fsp3) is 0.800. The van der Waals surface area contributed by atoms with Crippen LogP contribution in [-0.2, 0) is 13.0 Å². The molecule has 1 aromatic rings. The number of hydrogen-bond donors (Lipinski definition) is 2. The summed E-state index contributed by atoms with van der Waals surface area (Å²) < 4.78 is 0. The number of thiazole rings is 1. The van der Waals surface area contributed by atoms with Gasteiger partial charge in [-0.2, -0.15) is 0 Å². The minimum Gasteiger partial charge on any atom is -0.314 e. The zero-order chi connectivity index (χ0) is 13.5. The lowest BCUT2D eigenvalue weighted by atomic mass is 10.2. The zero-order valence-corrected chi connectivity index (χ0v) is 13.1. The molecule has 0 saturated heterocycles. The molecule has 0 unspecified atom stereocenters. The van der Waals surface area contributed by atoms with Gasteiger partial charge in [0.15, 0.2) is 0 Å². The number of hydrogen-bond acceptors (Lipinski definition) is 4.